The van der Waals surface area contributed by atoms with Crippen LogP contribution in [0.4, 0.5) is 0 Å². The van der Waals surface area contributed by atoms with Crippen LogP contribution in [0.1, 0.15) is 85.0 Å². The molecule has 0 aromatic heterocycles. The minimum Gasteiger partial charge on any atom is -0.465 e. The molecule has 0 saturated carbocycles. The molecule has 0 rings (SSSR count). The number of esters is 1. The van der Waals surface area contributed by atoms with Crippen molar-refractivity contribution in [2.24, 2.45) is 5.41 Å². The molecule has 2 atom stereocenters. The van der Waals surface area contributed by atoms with Crippen LogP contribution in [0.15, 0.2) is 0 Å². The van der Waals surface area contributed by atoms with E-state index in [4.69, 9.17) is 33.9 Å². The molecule has 0 bridgehead atoms. The Morgan fingerprint density at radius 1 is 0.485 bits per heavy atom. The van der Waals surface area contributed by atoms with Crippen molar-refractivity contribution in [1.82, 2.24) is 0 Å². The summed E-state index contributed by atoms with van der Waals surface area (Å²) in [5.74, 6) is -0.0252. The lowest BCUT2D eigenvalue weighted by Crippen LogP contribution is -2.43. The van der Waals surface area contributed by atoms with Crippen LogP contribution in [0.25, 0.3) is 0 Å². The Bertz CT molecular complexity index is 1260. The summed E-state index contributed by atoms with van der Waals surface area (Å²) in [5, 5.41) is 0. The number of ether oxygens (including phenoxy) is 1. The Kier molecular flexibility index (Phi) is 35.5. The van der Waals surface area contributed by atoms with Crippen LogP contribution in [0, 0.1) is 5.41 Å². The van der Waals surface area contributed by atoms with Crippen molar-refractivity contribution < 1.29 is 38.6 Å². The maximum Gasteiger partial charge on any atom is 0.311 e. The van der Waals surface area contributed by atoms with Gasteiger partial charge in [0.05, 0.1) is 12.0 Å². The van der Waals surface area contributed by atoms with Crippen molar-refractivity contribution in [3.63, 3.8) is 0 Å². The van der Waals surface area contributed by atoms with E-state index >= 15 is 0 Å². The van der Waals surface area contributed by atoms with Gasteiger partial charge in [-0.3, -0.25) is 4.79 Å². The zero-order valence-electron chi connectivity index (χ0n) is 47.6. The third-order valence-corrected chi connectivity index (χ3v) is 51.7. The van der Waals surface area contributed by atoms with Gasteiger partial charge in [-0.05, 0) is 197 Å². The fourth-order valence-corrected chi connectivity index (χ4v) is 43.0. The van der Waals surface area contributed by atoms with Gasteiger partial charge in [-0.25, -0.2) is 0 Å². The predicted molar refractivity (Wildman–Crippen MR) is 326 cm³/mol. The van der Waals surface area contributed by atoms with Gasteiger partial charge in [0, 0.05) is 6.23 Å². The fraction of sp³-hybridized carbons (Fsp3) is 0.977. The fourth-order valence-electron chi connectivity index (χ4n) is 8.15. The summed E-state index contributed by atoms with van der Waals surface area (Å²) >= 11 is 0. The van der Waals surface area contributed by atoms with Crippen LogP contribution in [0.5, 0.6) is 0 Å². The minimum absolute atomic E-state index is 0.0252. The summed E-state index contributed by atoms with van der Waals surface area (Å²) in [5.41, 5.74) is -0.364. The van der Waals surface area contributed by atoms with Gasteiger partial charge in [0.15, 0.2) is 67.3 Å². The van der Waals surface area contributed by atoms with Crippen molar-refractivity contribution in [3.8, 4) is 0 Å². The van der Waals surface area contributed by atoms with Gasteiger partial charge < -0.3 is 33.9 Å². The highest BCUT2D eigenvalue weighted by atomic mass is 28.4. The number of carbonyl (C=O) groups is 1. The summed E-state index contributed by atoms with van der Waals surface area (Å²) in [7, 11) is -14.8. The molecule has 0 aromatic carbocycles. The Balaban J connectivity index is 4.93. The van der Waals surface area contributed by atoms with E-state index in [0.29, 0.717) is 6.61 Å². The van der Waals surface area contributed by atoms with Crippen molar-refractivity contribution in [2.75, 3.05) is 12.8 Å². The zero-order chi connectivity index (χ0) is 50.6. The van der Waals surface area contributed by atoms with Crippen LogP contribution in [0.2, 0.25) is 171 Å². The third kappa shape index (κ3) is 39.5. The lowest BCUT2D eigenvalue weighted by molar-refractivity contribution is -0.155. The molecule has 0 aromatic rings. The lowest BCUT2D eigenvalue weighted by atomic mass is 9.83. The van der Waals surface area contributed by atoms with E-state index in [1.54, 1.807) is 0 Å². The molecule has 66 heavy (non-hydrogen) atoms. The molecule has 0 N–H and O–H groups in total. The molecule has 2 unspecified atom stereocenters. The third-order valence-electron chi connectivity index (χ3n) is 12.8. The molecule has 0 aliphatic rings. The molecule has 22 heteroatoms. The normalized spacial score (nSPS) is 15.9. The van der Waals surface area contributed by atoms with E-state index in [1.165, 1.54) is 92.5 Å². The first kappa shape index (κ1) is 68.0. The van der Waals surface area contributed by atoms with Crippen molar-refractivity contribution in [2.45, 2.75) is 256 Å². The zero-order valence-corrected chi connectivity index (χ0v) is 62.8. The monoisotopic (exact) mass is 1150 g/mol. The summed E-state index contributed by atoms with van der Waals surface area (Å²) in [6.07, 6.45) is 11.8. The van der Waals surface area contributed by atoms with E-state index in [-0.39, 0.29) is 30.9 Å². The molecule has 0 aliphatic carbocycles. The summed E-state index contributed by atoms with van der Waals surface area (Å²) in [6.45, 7) is 45.0. The lowest BCUT2D eigenvalue weighted by Gasteiger charge is -2.32. The molecule has 0 aliphatic heterocycles. The maximum absolute atomic E-state index is 12.9. The SMILES string of the molecule is CCCC(C)(CC)C(=O)OCCCC[SiH](CO[Si](C)(C)CCC[SiH2]O[Si](C)(C)CCC[SiH2]O[Si](C)(C)CCC[SiH2]O[Si](C)(C)C)O[Si](C)(C)CCC[SiH2]O[Si](C)(C)CCC[SiH2]O[Si](C)(C)C. The number of rotatable bonds is 44. The van der Waals surface area contributed by atoms with Gasteiger partial charge in [-0.2, -0.15) is 0 Å². The largest absolute Gasteiger partial charge is 0.465 e. The van der Waals surface area contributed by atoms with Crippen molar-refractivity contribution >= 4 is 122 Å². The number of unbranched alkanes of at least 4 members (excludes halogenated alkanes) is 1. The molecule has 0 saturated heterocycles. The van der Waals surface area contributed by atoms with Crippen molar-refractivity contribution in [3.05, 3.63) is 0 Å². The van der Waals surface area contributed by atoms with Gasteiger partial charge in [0.2, 0.25) is 0 Å². The van der Waals surface area contributed by atoms with E-state index in [0.717, 1.165) is 44.4 Å². The summed E-state index contributed by atoms with van der Waals surface area (Å²) in [6, 6.07) is 13.8. The highest BCUT2D eigenvalue weighted by molar-refractivity contribution is 6.79. The molecular formula is C44H114O9Si13. The van der Waals surface area contributed by atoms with Crippen LogP contribution in [-0.2, 0) is 38.6 Å². The summed E-state index contributed by atoms with van der Waals surface area (Å²) < 4.78 is 52.4. The van der Waals surface area contributed by atoms with Crippen molar-refractivity contribution in [1.29, 1.82) is 0 Å². The maximum atomic E-state index is 12.9. The highest BCUT2D eigenvalue weighted by Gasteiger charge is 2.33. The predicted octanol–water partition coefficient (Wildman–Crippen LogP) is 11.1. The van der Waals surface area contributed by atoms with Gasteiger partial charge in [-0.1, -0.05) is 58.8 Å². The van der Waals surface area contributed by atoms with E-state index in [1.807, 2.05) is 0 Å². The number of carbonyl (C=O) groups excluding carboxylic acids is 1. The molecule has 0 spiro atoms. The second kappa shape index (κ2) is 34.5. The quantitative estimate of drug-likeness (QED) is 0.0336. The Labute approximate surface area is 432 Å². The van der Waals surface area contributed by atoms with E-state index in [9.17, 15) is 4.79 Å². The minimum atomic E-state index is -1.85. The average molecular weight is 1150 g/mol. The van der Waals surface area contributed by atoms with Gasteiger partial charge >= 0.3 is 5.97 Å². The van der Waals surface area contributed by atoms with E-state index in [2.05, 4.69) is 126 Å². The topological polar surface area (TPSA) is 90.9 Å². The first-order chi connectivity index (χ1) is 30.4. The Morgan fingerprint density at radius 3 is 1.21 bits per heavy atom. The number of hydrogen-bond acceptors (Lipinski definition) is 9. The highest BCUT2D eigenvalue weighted by Crippen LogP contribution is 2.29. The molecule has 0 amide bonds. The molecule has 0 fully saturated rings. The van der Waals surface area contributed by atoms with Crippen LogP contribution in [-0.4, -0.2) is 135 Å². The van der Waals surface area contributed by atoms with Gasteiger partial charge in [0.1, 0.15) is 48.8 Å². The standard InChI is InChI=1S/C44H114O9Si13/c1-20-29-44(3,21-2)43(45)46-30-22-23-36-59(53-66(18,19)41-28-35-58-52-64(14,15)39-26-32-55-49-61(7,8)9)42-47-62(10,11)37-24-33-56-50-65(16,17)40-27-34-57-51-63(12,13)38-25-31-54-48-60(4,5)6/h59H,20-42,54-58H2,1-19H3. The average Bonchev–Trinajstić information content (AvgIpc) is 3.17. The second-order valence-corrected chi connectivity index (χ2v) is 68.2. The van der Waals surface area contributed by atoms with Gasteiger partial charge in [-0.15, -0.1) is 0 Å². The second-order valence-electron chi connectivity index (χ2n) is 24.9. The first-order valence-corrected chi connectivity index (χ1v) is 59.4. The molecule has 0 heterocycles. The smallest absolute Gasteiger partial charge is 0.311 e. The van der Waals surface area contributed by atoms with E-state index < -0.39 is 96.6 Å². The van der Waals surface area contributed by atoms with Gasteiger partial charge in [0.25, 0.3) is 0 Å². The molecule has 9 nitrogen and oxygen atoms in total. The van der Waals surface area contributed by atoms with Crippen LogP contribution in [0.3, 0.4) is 0 Å². The Hall–Kier alpha value is 2.01. The molecular weight excluding hydrogens is 1040 g/mol. The first-order valence-electron chi connectivity index (χ1n) is 27.0. The number of hydrogen-bond donors (Lipinski definition) is 0. The van der Waals surface area contributed by atoms with Crippen LogP contribution >= 0.6 is 0 Å². The Morgan fingerprint density at radius 2 is 0.848 bits per heavy atom. The van der Waals surface area contributed by atoms with Crippen LogP contribution < -0.4 is 0 Å². The molecule has 396 valence electrons. The summed E-state index contributed by atoms with van der Waals surface area (Å²) in [4.78, 5) is 12.9. The molecule has 0 radical (unpaired) electrons.